The van der Waals surface area contributed by atoms with E-state index in [4.69, 9.17) is 11.6 Å². The van der Waals surface area contributed by atoms with Crippen LogP contribution in [0.1, 0.15) is 25.7 Å². The molecule has 2 aliphatic heterocycles. The van der Waals surface area contributed by atoms with Gasteiger partial charge < -0.3 is 5.32 Å². The molecule has 0 saturated carbocycles. The Balaban J connectivity index is 1.84. The maximum atomic E-state index is 13.4. The molecule has 0 bridgehead atoms. The summed E-state index contributed by atoms with van der Waals surface area (Å²) in [4.78, 5) is 12.9. The second-order valence-electron chi connectivity index (χ2n) is 5.68. The second-order valence-corrected chi connectivity index (χ2v) is 6.09. The second kappa shape index (κ2) is 5.77. The van der Waals surface area contributed by atoms with Gasteiger partial charge in [0.15, 0.2) is 0 Å². The minimum absolute atomic E-state index is 0.0957. The number of nitro groups is 1. The highest BCUT2D eigenvalue weighted by Crippen LogP contribution is 2.34. The lowest BCUT2D eigenvalue weighted by molar-refractivity contribution is -0.384. The lowest BCUT2D eigenvalue weighted by atomic mass is 9.99. The highest BCUT2D eigenvalue weighted by atomic mass is 35.5. The molecule has 2 atom stereocenters. The van der Waals surface area contributed by atoms with Gasteiger partial charge in [0.25, 0.3) is 5.69 Å². The number of hydrogen-bond acceptors (Lipinski definition) is 4. The standard InChI is InChI=1S/C14H17ClFN3O2/c15-9-7-12(14(19(20)21)8-10(9)16)17-11-4-6-18-5-2-1-3-13(11)18/h7-8,11,13,17H,1-6H2. The van der Waals surface area contributed by atoms with E-state index in [0.717, 1.165) is 32.0 Å². The number of nitro benzene ring substituents is 1. The van der Waals surface area contributed by atoms with E-state index in [0.29, 0.717) is 11.7 Å². The number of hydrogen-bond donors (Lipinski definition) is 1. The summed E-state index contributed by atoms with van der Waals surface area (Å²) in [5, 5.41) is 14.2. The molecule has 7 heteroatoms. The molecule has 0 aromatic heterocycles. The van der Waals surface area contributed by atoms with Crippen LogP contribution in [0, 0.1) is 15.9 Å². The number of piperidine rings is 1. The molecular formula is C14H17ClFN3O2. The summed E-state index contributed by atoms with van der Waals surface area (Å²) < 4.78 is 13.4. The molecule has 0 aliphatic carbocycles. The van der Waals surface area contributed by atoms with Gasteiger partial charge in [-0.3, -0.25) is 15.0 Å². The Hall–Kier alpha value is -1.40. The first kappa shape index (κ1) is 14.5. The smallest absolute Gasteiger partial charge is 0.295 e. The van der Waals surface area contributed by atoms with Gasteiger partial charge >= 0.3 is 0 Å². The third kappa shape index (κ3) is 2.82. The number of rotatable bonds is 3. The van der Waals surface area contributed by atoms with E-state index in [1.165, 1.54) is 18.9 Å². The SMILES string of the molecule is O=[N+]([O-])c1cc(F)c(Cl)cc1NC1CCN2CCCCC12. The molecule has 0 spiro atoms. The van der Waals surface area contributed by atoms with Gasteiger partial charge in [-0.15, -0.1) is 0 Å². The average Bonchev–Trinajstić information content (AvgIpc) is 2.86. The number of fused-ring (bicyclic) bond motifs is 1. The lowest BCUT2D eigenvalue weighted by Crippen LogP contribution is -2.41. The van der Waals surface area contributed by atoms with Crippen molar-refractivity contribution in [3.05, 3.63) is 33.1 Å². The first-order valence-corrected chi connectivity index (χ1v) is 7.58. The van der Waals surface area contributed by atoms with Crippen molar-refractivity contribution in [2.45, 2.75) is 37.8 Å². The summed E-state index contributed by atoms with van der Waals surface area (Å²) in [6.45, 7) is 2.10. The quantitative estimate of drug-likeness (QED) is 0.686. The molecule has 2 aliphatic rings. The third-order valence-electron chi connectivity index (χ3n) is 4.43. The maximum absolute atomic E-state index is 13.4. The highest BCUT2D eigenvalue weighted by Gasteiger charge is 2.36. The fourth-order valence-corrected chi connectivity index (χ4v) is 3.58. The first-order valence-electron chi connectivity index (χ1n) is 7.20. The Morgan fingerprint density at radius 1 is 1.33 bits per heavy atom. The molecule has 3 rings (SSSR count). The number of nitrogens with zero attached hydrogens (tertiary/aromatic N) is 2. The van der Waals surface area contributed by atoms with Crippen LogP contribution in [-0.4, -0.2) is 35.0 Å². The van der Waals surface area contributed by atoms with Gasteiger partial charge in [0.2, 0.25) is 0 Å². The Morgan fingerprint density at radius 2 is 2.14 bits per heavy atom. The van der Waals surface area contributed by atoms with E-state index in [-0.39, 0.29) is 16.8 Å². The Labute approximate surface area is 127 Å². The molecule has 1 aromatic carbocycles. The highest BCUT2D eigenvalue weighted by molar-refractivity contribution is 6.31. The number of halogens is 2. The van der Waals surface area contributed by atoms with Crippen LogP contribution in [0.25, 0.3) is 0 Å². The van der Waals surface area contributed by atoms with E-state index in [1.807, 2.05) is 0 Å². The predicted octanol–water partition coefficient (Wildman–Crippen LogP) is 3.43. The number of benzene rings is 1. The fourth-order valence-electron chi connectivity index (χ4n) is 3.42. The van der Waals surface area contributed by atoms with Gasteiger partial charge in [-0.25, -0.2) is 4.39 Å². The zero-order chi connectivity index (χ0) is 15.0. The molecule has 2 heterocycles. The maximum Gasteiger partial charge on any atom is 0.295 e. The number of anilines is 1. The minimum Gasteiger partial charge on any atom is -0.375 e. The summed E-state index contributed by atoms with van der Waals surface area (Å²) in [7, 11) is 0. The summed E-state index contributed by atoms with van der Waals surface area (Å²) in [5.41, 5.74) is 0.0509. The van der Waals surface area contributed by atoms with Gasteiger partial charge in [-0.05, 0) is 31.9 Å². The van der Waals surface area contributed by atoms with Crippen LogP contribution in [0.5, 0.6) is 0 Å². The Morgan fingerprint density at radius 3 is 2.90 bits per heavy atom. The zero-order valence-electron chi connectivity index (χ0n) is 11.5. The van der Waals surface area contributed by atoms with Crippen LogP contribution in [0.3, 0.4) is 0 Å². The monoisotopic (exact) mass is 313 g/mol. The molecule has 0 radical (unpaired) electrons. The van der Waals surface area contributed by atoms with Crippen molar-refractivity contribution >= 4 is 23.0 Å². The van der Waals surface area contributed by atoms with Crippen LogP contribution in [0.15, 0.2) is 12.1 Å². The predicted molar refractivity (Wildman–Crippen MR) is 79.3 cm³/mol. The normalized spacial score (nSPS) is 25.6. The van der Waals surface area contributed by atoms with Crippen molar-refractivity contribution in [2.75, 3.05) is 18.4 Å². The van der Waals surface area contributed by atoms with E-state index < -0.39 is 10.7 Å². The molecule has 2 fully saturated rings. The van der Waals surface area contributed by atoms with Crippen LogP contribution in [-0.2, 0) is 0 Å². The Bertz CT molecular complexity index is 569. The van der Waals surface area contributed by atoms with Crippen LogP contribution in [0.2, 0.25) is 5.02 Å². The minimum atomic E-state index is -0.764. The molecule has 0 amide bonds. The zero-order valence-corrected chi connectivity index (χ0v) is 12.3. The molecule has 1 N–H and O–H groups in total. The summed E-state index contributed by atoms with van der Waals surface area (Å²) >= 11 is 5.77. The van der Waals surface area contributed by atoms with Crippen molar-refractivity contribution in [2.24, 2.45) is 0 Å². The lowest BCUT2D eigenvalue weighted by Gasteiger charge is -2.32. The van der Waals surface area contributed by atoms with E-state index >= 15 is 0 Å². The van der Waals surface area contributed by atoms with Gasteiger partial charge in [-0.1, -0.05) is 18.0 Å². The molecule has 5 nitrogen and oxygen atoms in total. The Kier molecular flexibility index (Phi) is 3.99. The third-order valence-corrected chi connectivity index (χ3v) is 4.72. The van der Waals surface area contributed by atoms with Crippen LogP contribution < -0.4 is 5.32 Å². The largest absolute Gasteiger partial charge is 0.375 e. The summed E-state index contributed by atoms with van der Waals surface area (Å²) in [5.74, 6) is -0.764. The van der Waals surface area contributed by atoms with Crippen molar-refractivity contribution in [3.8, 4) is 0 Å². The first-order chi connectivity index (χ1) is 10.1. The van der Waals surface area contributed by atoms with Gasteiger partial charge in [-0.2, -0.15) is 0 Å². The van der Waals surface area contributed by atoms with Gasteiger partial charge in [0.05, 0.1) is 16.0 Å². The molecule has 21 heavy (non-hydrogen) atoms. The van der Waals surface area contributed by atoms with Gasteiger partial charge in [0.1, 0.15) is 11.5 Å². The van der Waals surface area contributed by atoms with Crippen molar-refractivity contribution in [1.29, 1.82) is 0 Å². The average molecular weight is 314 g/mol. The van der Waals surface area contributed by atoms with Crippen molar-refractivity contribution < 1.29 is 9.31 Å². The molecule has 114 valence electrons. The summed E-state index contributed by atoms with van der Waals surface area (Å²) in [6.07, 6.45) is 4.44. The van der Waals surface area contributed by atoms with Crippen molar-refractivity contribution in [1.82, 2.24) is 4.90 Å². The van der Waals surface area contributed by atoms with E-state index in [1.54, 1.807) is 0 Å². The number of nitrogens with one attached hydrogen (secondary N) is 1. The molecule has 2 saturated heterocycles. The molecule has 2 unspecified atom stereocenters. The molecule has 1 aromatic rings. The van der Waals surface area contributed by atoms with Gasteiger partial charge in [0, 0.05) is 18.6 Å². The van der Waals surface area contributed by atoms with E-state index in [9.17, 15) is 14.5 Å². The fraction of sp³-hybridized carbons (Fsp3) is 0.571. The topological polar surface area (TPSA) is 58.4 Å². The van der Waals surface area contributed by atoms with Crippen LogP contribution >= 0.6 is 11.6 Å². The van der Waals surface area contributed by atoms with E-state index in [2.05, 4.69) is 10.2 Å². The summed E-state index contributed by atoms with van der Waals surface area (Å²) in [6, 6.07) is 2.77. The van der Waals surface area contributed by atoms with Crippen molar-refractivity contribution in [3.63, 3.8) is 0 Å². The van der Waals surface area contributed by atoms with Crippen LogP contribution in [0.4, 0.5) is 15.8 Å². The molecular weight excluding hydrogens is 297 g/mol.